The Morgan fingerprint density at radius 2 is 1.95 bits per heavy atom. The Bertz CT molecular complexity index is 657. The standard InChI is InChI=1S/C14H10Cl2N2O2/c15-9-4-7(5-11-12(9)20-6-19-11)14-17-10-3-1-2-8(10)13(16)18-14/h4-5H,1-3,6H2. The number of aromatic nitrogens is 2. The second-order valence-corrected chi connectivity index (χ2v) is 5.57. The zero-order valence-electron chi connectivity index (χ0n) is 10.4. The third-order valence-electron chi connectivity index (χ3n) is 3.57. The van der Waals surface area contributed by atoms with Crippen LogP contribution in [0.2, 0.25) is 10.2 Å². The fourth-order valence-corrected chi connectivity index (χ4v) is 3.16. The fourth-order valence-electron chi connectivity index (χ4n) is 2.61. The van der Waals surface area contributed by atoms with Crippen molar-refractivity contribution in [2.45, 2.75) is 19.3 Å². The van der Waals surface area contributed by atoms with E-state index >= 15 is 0 Å². The maximum Gasteiger partial charge on any atom is 0.231 e. The molecular formula is C14H10Cl2N2O2. The molecule has 2 aromatic rings. The van der Waals surface area contributed by atoms with Crippen LogP contribution in [0.4, 0.5) is 0 Å². The second kappa shape index (κ2) is 4.50. The molecule has 2 aliphatic rings. The van der Waals surface area contributed by atoms with Crippen LogP contribution >= 0.6 is 23.2 Å². The number of fused-ring (bicyclic) bond motifs is 2. The van der Waals surface area contributed by atoms with Crippen LogP contribution in [0.1, 0.15) is 17.7 Å². The number of benzene rings is 1. The molecular weight excluding hydrogens is 299 g/mol. The van der Waals surface area contributed by atoms with E-state index < -0.39 is 0 Å². The Labute approximate surface area is 125 Å². The number of rotatable bonds is 1. The van der Waals surface area contributed by atoms with Gasteiger partial charge in [-0.3, -0.25) is 0 Å². The number of nitrogens with zero attached hydrogens (tertiary/aromatic N) is 2. The van der Waals surface area contributed by atoms with Gasteiger partial charge in [-0.2, -0.15) is 0 Å². The molecule has 20 heavy (non-hydrogen) atoms. The molecule has 1 aromatic heterocycles. The van der Waals surface area contributed by atoms with E-state index in [0.29, 0.717) is 27.5 Å². The highest BCUT2D eigenvalue weighted by Crippen LogP contribution is 2.42. The summed E-state index contributed by atoms with van der Waals surface area (Å²) in [4.78, 5) is 8.98. The van der Waals surface area contributed by atoms with Crippen molar-refractivity contribution < 1.29 is 9.47 Å². The highest BCUT2D eigenvalue weighted by molar-refractivity contribution is 6.32. The maximum absolute atomic E-state index is 6.24. The van der Waals surface area contributed by atoms with Crippen LogP contribution in [0.15, 0.2) is 12.1 Å². The Morgan fingerprint density at radius 3 is 2.85 bits per heavy atom. The molecule has 0 unspecified atom stereocenters. The SMILES string of the molecule is Clc1cc(-c2nc(Cl)c3c(n2)CCC3)cc2c1OCO2. The first kappa shape index (κ1) is 12.2. The average molecular weight is 309 g/mol. The van der Waals surface area contributed by atoms with Crippen LogP contribution in [0.5, 0.6) is 11.5 Å². The molecule has 0 bridgehead atoms. The van der Waals surface area contributed by atoms with Gasteiger partial charge < -0.3 is 9.47 Å². The van der Waals surface area contributed by atoms with Crippen LogP contribution in [-0.2, 0) is 12.8 Å². The lowest BCUT2D eigenvalue weighted by Crippen LogP contribution is -1.97. The van der Waals surface area contributed by atoms with E-state index in [0.717, 1.165) is 36.1 Å². The molecule has 1 aliphatic heterocycles. The Kier molecular flexibility index (Phi) is 2.75. The van der Waals surface area contributed by atoms with Crippen molar-refractivity contribution in [1.29, 1.82) is 0 Å². The lowest BCUT2D eigenvalue weighted by Gasteiger charge is -2.07. The van der Waals surface area contributed by atoms with Gasteiger partial charge in [0.15, 0.2) is 17.3 Å². The third-order valence-corrected chi connectivity index (χ3v) is 4.16. The van der Waals surface area contributed by atoms with Crippen molar-refractivity contribution in [3.05, 3.63) is 33.6 Å². The van der Waals surface area contributed by atoms with Crippen molar-refractivity contribution in [2.24, 2.45) is 0 Å². The van der Waals surface area contributed by atoms with Gasteiger partial charge in [-0.25, -0.2) is 9.97 Å². The van der Waals surface area contributed by atoms with Gasteiger partial charge in [-0.05, 0) is 31.4 Å². The van der Waals surface area contributed by atoms with Crippen LogP contribution in [0.25, 0.3) is 11.4 Å². The van der Waals surface area contributed by atoms with E-state index in [4.69, 9.17) is 32.7 Å². The maximum atomic E-state index is 6.24. The molecule has 0 radical (unpaired) electrons. The zero-order chi connectivity index (χ0) is 13.7. The topological polar surface area (TPSA) is 44.2 Å². The molecule has 0 N–H and O–H groups in total. The molecule has 1 aliphatic carbocycles. The van der Waals surface area contributed by atoms with Gasteiger partial charge in [0.05, 0.1) is 5.02 Å². The van der Waals surface area contributed by atoms with Crippen LogP contribution in [-0.4, -0.2) is 16.8 Å². The number of hydrogen-bond donors (Lipinski definition) is 0. The van der Waals surface area contributed by atoms with Gasteiger partial charge in [0.25, 0.3) is 0 Å². The molecule has 0 saturated carbocycles. The molecule has 6 heteroatoms. The van der Waals surface area contributed by atoms with Crippen LogP contribution < -0.4 is 9.47 Å². The summed E-state index contributed by atoms with van der Waals surface area (Å²) < 4.78 is 10.7. The van der Waals surface area contributed by atoms with Crippen LogP contribution in [0, 0.1) is 0 Å². The quantitative estimate of drug-likeness (QED) is 0.754. The normalized spacial score (nSPS) is 15.5. The molecule has 0 atom stereocenters. The molecule has 4 rings (SSSR count). The van der Waals surface area contributed by atoms with Crippen LogP contribution in [0.3, 0.4) is 0 Å². The minimum Gasteiger partial charge on any atom is -0.454 e. The molecule has 102 valence electrons. The molecule has 0 fully saturated rings. The van der Waals surface area contributed by atoms with Gasteiger partial charge in [0.1, 0.15) is 5.15 Å². The second-order valence-electron chi connectivity index (χ2n) is 4.81. The van der Waals surface area contributed by atoms with Crippen molar-refractivity contribution in [1.82, 2.24) is 9.97 Å². The molecule has 0 saturated heterocycles. The first-order valence-corrected chi connectivity index (χ1v) is 7.13. The zero-order valence-corrected chi connectivity index (χ0v) is 12.0. The van der Waals surface area contributed by atoms with Crippen molar-refractivity contribution in [3.63, 3.8) is 0 Å². The number of aryl methyl sites for hydroxylation is 1. The lowest BCUT2D eigenvalue weighted by atomic mass is 10.1. The van der Waals surface area contributed by atoms with E-state index in [9.17, 15) is 0 Å². The van der Waals surface area contributed by atoms with Gasteiger partial charge in [0, 0.05) is 16.8 Å². The first-order chi connectivity index (χ1) is 9.72. The van der Waals surface area contributed by atoms with E-state index in [2.05, 4.69) is 9.97 Å². The predicted molar refractivity (Wildman–Crippen MR) is 75.6 cm³/mol. The highest BCUT2D eigenvalue weighted by atomic mass is 35.5. The Morgan fingerprint density at radius 1 is 1.05 bits per heavy atom. The summed E-state index contributed by atoms with van der Waals surface area (Å²) in [6.45, 7) is 0.185. The average Bonchev–Trinajstić information content (AvgIpc) is 3.06. The van der Waals surface area contributed by atoms with E-state index in [1.165, 1.54) is 0 Å². The van der Waals surface area contributed by atoms with E-state index in [1.54, 1.807) is 6.07 Å². The monoisotopic (exact) mass is 308 g/mol. The van der Waals surface area contributed by atoms with E-state index in [1.807, 2.05) is 6.07 Å². The number of halogens is 2. The molecule has 0 amide bonds. The minimum atomic E-state index is 0.185. The third kappa shape index (κ3) is 1.83. The summed E-state index contributed by atoms with van der Waals surface area (Å²) in [7, 11) is 0. The van der Waals surface area contributed by atoms with E-state index in [-0.39, 0.29) is 6.79 Å². The predicted octanol–water partition coefficient (Wildman–Crippen LogP) is 3.67. The molecule has 4 nitrogen and oxygen atoms in total. The first-order valence-electron chi connectivity index (χ1n) is 6.37. The summed E-state index contributed by atoms with van der Waals surface area (Å²) in [5, 5.41) is 1.03. The van der Waals surface area contributed by atoms with Gasteiger partial charge in [-0.1, -0.05) is 23.2 Å². The summed E-state index contributed by atoms with van der Waals surface area (Å²) in [5.41, 5.74) is 2.90. The summed E-state index contributed by atoms with van der Waals surface area (Å²) in [6.07, 6.45) is 2.98. The smallest absolute Gasteiger partial charge is 0.231 e. The molecule has 1 aromatic carbocycles. The highest BCUT2D eigenvalue weighted by Gasteiger charge is 2.22. The van der Waals surface area contributed by atoms with Crippen molar-refractivity contribution >= 4 is 23.2 Å². The van der Waals surface area contributed by atoms with Crippen molar-refractivity contribution in [2.75, 3.05) is 6.79 Å². The molecule has 2 heterocycles. The molecule has 0 spiro atoms. The Balaban J connectivity index is 1.86. The summed E-state index contributed by atoms with van der Waals surface area (Å²) in [6, 6.07) is 3.61. The van der Waals surface area contributed by atoms with Gasteiger partial charge in [-0.15, -0.1) is 0 Å². The minimum absolute atomic E-state index is 0.185. The summed E-state index contributed by atoms with van der Waals surface area (Å²) >= 11 is 12.4. The summed E-state index contributed by atoms with van der Waals surface area (Å²) in [5.74, 6) is 1.77. The van der Waals surface area contributed by atoms with Gasteiger partial charge in [0.2, 0.25) is 6.79 Å². The fraction of sp³-hybridized carbons (Fsp3) is 0.286. The van der Waals surface area contributed by atoms with Crippen molar-refractivity contribution in [3.8, 4) is 22.9 Å². The largest absolute Gasteiger partial charge is 0.454 e. The number of ether oxygens (including phenoxy) is 2. The lowest BCUT2D eigenvalue weighted by molar-refractivity contribution is 0.174. The number of hydrogen-bond acceptors (Lipinski definition) is 4. The van der Waals surface area contributed by atoms with Gasteiger partial charge >= 0.3 is 0 Å². The Hall–Kier alpha value is -1.52.